The van der Waals surface area contributed by atoms with Gasteiger partial charge in [-0.3, -0.25) is 9.78 Å². The molecule has 1 amide bonds. The Labute approximate surface area is 176 Å². The van der Waals surface area contributed by atoms with Gasteiger partial charge in [0.25, 0.3) is 5.91 Å². The number of benzene rings is 1. The highest BCUT2D eigenvalue weighted by Gasteiger charge is 2.33. The summed E-state index contributed by atoms with van der Waals surface area (Å²) in [6.07, 6.45) is 1.63. The summed E-state index contributed by atoms with van der Waals surface area (Å²) in [5.41, 5.74) is 2.25. The van der Waals surface area contributed by atoms with E-state index in [9.17, 15) is 14.8 Å². The lowest BCUT2D eigenvalue weighted by Crippen LogP contribution is -2.50. The predicted octanol–water partition coefficient (Wildman–Crippen LogP) is 1.70. The van der Waals surface area contributed by atoms with Crippen LogP contribution >= 0.6 is 0 Å². The molecule has 0 spiro atoms. The second-order valence-electron chi connectivity index (χ2n) is 7.63. The van der Waals surface area contributed by atoms with Gasteiger partial charge >= 0.3 is 7.12 Å². The first-order valence-corrected chi connectivity index (χ1v) is 9.94. The molecule has 158 valence electrons. The molecule has 0 bridgehead atoms. The van der Waals surface area contributed by atoms with Crippen LogP contribution in [0.25, 0.3) is 0 Å². The van der Waals surface area contributed by atoms with E-state index in [4.69, 9.17) is 9.57 Å². The maximum absolute atomic E-state index is 12.5. The van der Waals surface area contributed by atoms with Gasteiger partial charge in [0.1, 0.15) is 12.4 Å². The van der Waals surface area contributed by atoms with Crippen molar-refractivity contribution in [3.8, 4) is 5.75 Å². The zero-order chi connectivity index (χ0) is 21.5. The van der Waals surface area contributed by atoms with Crippen molar-refractivity contribution >= 4 is 18.7 Å². The van der Waals surface area contributed by atoms with Crippen molar-refractivity contribution in [2.75, 3.05) is 0 Å². The van der Waals surface area contributed by atoms with Crippen LogP contribution < -0.4 is 10.1 Å². The van der Waals surface area contributed by atoms with Crippen LogP contribution in [0.3, 0.4) is 0 Å². The Morgan fingerprint density at radius 3 is 2.83 bits per heavy atom. The Bertz CT molecular complexity index is 876. The van der Waals surface area contributed by atoms with Gasteiger partial charge in [0.05, 0.1) is 17.3 Å². The third-order valence-electron chi connectivity index (χ3n) is 4.65. The van der Waals surface area contributed by atoms with Gasteiger partial charge in [0.15, 0.2) is 0 Å². The van der Waals surface area contributed by atoms with E-state index >= 15 is 0 Å². The summed E-state index contributed by atoms with van der Waals surface area (Å²) < 4.78 is 5.79. The molecule has 0 saturated carbocycles. The fraction of sp³-hybridized carbons (Fsp3) is 0.381. The SMILES string of the molecule is CC(C)C[C@H](NC(=O)C1CC(c2cccc(OCc3ccccn3)c2)=NO1)B(O)O. The van der Waals surface area contributed by atoms with Gasteiger partial charge in [-0.05, 0) is 36.6 Å². The zero-order valence-corrected chi connectivity index (χ0v) is 17.1. The molecule has 2 heterocycles. The topological polar surface area (TPSA) is 113 Å². The number of nitrogens with one attached hydrogen (secondary N) is 1. The summed E-state index contributed by atoms with van der Waals surface area (Å²) in [7, 11) is -1.63. The molecule has 0 aliphatic carbocycles. The maximum atomic E-state index is 12.5. The normalized spacial score (nSPS) is 16.6. The second kappa shape index (κ2) is 10.2. The largest absolute Gasteiger partial charge is 0.487 e. The van der Waals surface area contributed by atoms with Crippen LogP contribution in [0.15, 0.2) is 53.8 Å². The maximum Gasteiger partial charge on any atom is 0.475 e. The number of hydrogen-bond acceptors (Lipinski definition) is 7. The van der Waals surface area contributed by atoms with E-state index in [1.165, 1.54) is 0 Å². The molecule has 0 saturated heterocycles. The molecule has 1 aliphatic heterocycles. The van der Waals surface area contributed by atoms with Crippen LogP contribution in [-0.4, -0.2) is 45.8 Å². The van der Waals surface area contributed by atoms with Gasteiger partial charge < -0.3 is 24.9 Å². The van der Waals surface area contributed by atoms with Crippen LogP contribution in [0, 0.1) is 5.92 Å². The fourth-order valence-corrected chi connectivity index (χ4v) is 3.13. The van der Waals surface area contributed by atoms with Gasteiger partial charge in [-0.25, -0.2) is 0 Å². The summed E-state index contributed by atoms with van der Waals surface area (Å²) in [5, 5.41) is 25.7. The van der Waals surface area contributed by atoms with Crippen molar-refractivity contribution in [1.82, 2.24) is 10.3 Å². The molecule has 3 rings (SSSR count). The van der Waals surface area contributed by atoms with Crippen molar-refractivity contribution in [2.45, 2.75) is 45.3 Å². The number of rotatable bonds is 9. The number of amides is 1. The van der Waals surface area contributed by atoms with Gasteiger partial charge in [0, 0.05) is 18.2 Å². The highest BCUT2D eigenvalue weighted by molar-refractivity contribution is 6.43. The summed E-state index contributed by atoms with van der Waals surface area (Å²) in [5.74, 6) is -0.320. The molecule has 0 radical (unpaired) electrons. The molecule has 9 heteroatoms. The Morgan fingerprint density at radius 2 is 2.13 bits per heavy atom. The summed E-state index contributed by atoms with van der Waals surface area (Å²) in [6.45, 7) is 4.23. The Balaban J connectivity index is 1.57. The first-order valence-electron chi connectivity index (χ1n) is 9.94. The van der Waals surface area contributed by atoms with Crippen LogP contribution in [-0.2, 0) is 16.2 Å². The van der Waals surface area contributed by atoms with E-state index in [1.807, 2.05) is 56.3 Å². The van der Waals surface area contributed by atoms with Crippen molar-refractivity contribution in [3.05, 3.63) is 59.9 Å². The van der Waals surface area contributed by atoms with Crippen molar-refractivity contribution < 1.29 is 24.4 Å². The molecule has 30 heavy (non-hydrogen) atoms. The number of carbonyl (C=O) groups excluding carboxylic acids is 1. The zero-order valence-electron chi connectivity index (χ0n) is 17.1. The lowest BCUT2D eigenvalue weighted by Gasteiger charge is -2.20. The van der Waals surface area contributed by atoms with Gasteiger partial charge in [0.2, 0.25) is 6.10 Å². The van der Waals surface area contributed by atoms with Crippen LogP contribution in [0.1, 0.15) is 37.9 Å². The van der Waals surface area contributed by atoms with Crippen LogP contribution in [0.4, 0.5) is 0 Å². The van der Waals surface area contributed by atoms with Crippen molar-refractivity contribution in [3.63, 3.8) is 0 Å². The number of hydrogen-bond donors (Lipinski definition) is 3. The number of aromatic nitrogens is 1. The molecule has 0 fully saturated rings. The second-order valence-corrected chi connectivity index (χ2v) is 7.63. The van der Waals surface area contributed by atoms with E-state index in [2.05, 4.69) is 15.5 Å². The van der Waals surface area contributed by atoms with Gasteiger partial charge in [-0.2, -0.15) is 0 Å². The van der Waals surface area contributed by atoms with Gasteiger partial charge in [-0.1, -0.05) is 37.2 Å². The van der Waals surface area contributed by atoms with Crippen molar-refractivity contribution in [2.24, 2.45) is 11.1 Å². The van der Waals surface area contributed by atoms with E-state index < -0.39 is 25.1 Å². The average molecular weight is 411 g/mol. The minimum Gasteiger partial charge on any atom is -0.487 e. The number of ether oxygens (including phenoxy) is 1. The molecule has 2 aromatic rings. The summed E-state index contributed by atoms with van der Waals surface area (Å²) >= 11 is 0. The molecular formula is C21H26BN3O5. The third kappa shape index (κ3) is 6.04. The lowest BCUT2D eigenvalue weighted by atomic mass is 9.75. The monoisotopic (exact) mass is 411 g/mol. The van der Waals surface area contributed by atoms with Crippen molar-refractivity contribution in [1.29, 1.82) is 0 Å². The number of carbonyl (C=O) groups is 1. The number of pyridine rings is 1. The van der Waals surface area contributed by atoms with E-state index in [0.29, 0.717) is 24.5 Å². The van der Waals surface area contributed by atoms with Gasteiger partial charge in [-0.15, -0.1) is 0 Å². The first kappa shape index (κ1) is 21.8. The first-order chi connectivity index (χ1) is 14.4. The number of nitrogens with zero attached hydrogens (tertiary/aromatic N) is 2. The predicted molar refractivity (Wildman–Crippen MR) is 113 cm³/mol. The Kier molecular flexibility index (Phi) is 7.43. The lowest BCUT2D eigenvalue weighted by molar-refractivity contribution is -0.131. The minimum atomic E-state index is -1.63. The van der Waals surface area contributed by atoms with E-state index in [0.717, 1.165) is 11.3 Å². The van der Waals surface area contributed by atoms with E-state index in [-0.39, 0.29) is 12.3 Å². The van der Waals surface area contributed by atoms with Crippen LogP contribution in [0.2, 0.25) is 0 Å². The summed E-state index contributed by atoms with van der Waals surface area (Å²) in [4.78, 5) is 22.0. The molecule has 2 atom stereocenters. The third-order valence-corrected chi connectivity index (χ3v) is 4.65. The molecule has 1 unspecified atom stereocenters. The average Bonchev–Trinajstić information content (AvgIpc) is 3.23. The highest BCUT2D eigenvalue weighted by Crippen LogP contribution is 2.21. The molecule has 1 aliphatic rings. The Morgan fingerprint density at radius 1 is 1.30 bits per heavy atom. The standard InChI is InChI=1S/C21H26BN3O5/c1-14(2)10-20(22(27)28)24-21(26)19-12-18(25-30-19)15-6-5-8-17(11-15)29-13-16-7-3-4-9-23-16/h3-9,11,14,19-20,27-28H,10,12-13H2,1-2H3,(H,24,26)/t19?,20-/m0/s1. The highest BCUT2D eigenvalue weighted by atomic mass is 16.6. The van der Waals surface area contributed by atoms with Crippen LogP contribution in [0.5, 0.6) is 5.75 Å². The minimum absolute atomic E-state index is 0.197. The molecule has 3 N–H and O–H groups in total. The quantitative estimate of drug-likeness (QED) is 0.542. The number of oxime groups is 1. The molecule has 1 aromatic heterocycles. The molecular weight excluding hydrogens is 385 g/mol. The molecule has 8 nitrogen and oxygen atoms in total. The fourth-order valence-electron chi connectivity index (χ4n) is 3.13. The smallest absolute Gasteiger partial charge is 0.475 e. The Hall–Kier alpha value is -2.91. The molecule has 1 aromatic carbocycles. The van der Waals surface area contributed by atoms with E-state index in [1.54, 1.807) is 6.20 Å². The summed E-state index contributed by atoms with van der Waals surface area (Å²) in [6, 6.07) is 13.0.